The molecule has 0 fully saturated rings. The van der Waals surface area contributed by atoms with Crippen LogP contribution in [-0.2, 0) is 0 Å². The fourth-order valence-electron chi connectivity index (χ4n) is 4.29. The summed E-state index contributed by atoms with van der Waals surface area (Å²) >= 11 is 1.82. The molecule has 3 aromatic heterocycles. The molecule has 29 heavy (non-hydrogen) atoms. The number of nitrogens with zero attached hydrogens (tertiary/aromatic N) is 2. The van der Waals surface area contributed by atoms with Gasteiger partial charge in [0.05, 0.1) is 21.6 Å². The van der Waals surface area contributed by atoms with Gasteiger partial charge in [-0.05, 0) is 60.3 Å². The van der Waals surface area contributed by atoms with Crippen LogP contribution < -0.4 is 0 Å². The molecular weight excluding hydrogens is 372 g/mol. The second-order valence-electron chi connectivity index (χ2n) is 7.32. The van der Waals surface area contributed by atoms with Crippen molar-refractivity contribution in [3.8, 4) is 16.3 Å². The Bertz CT molecular complexity index is 1450. The van der Waals surface area contributed by atoms with E-state index in [1.807, 2.05) is 23.6 Å². The molecule has 6 aromatic rings. The number of pyridine rings is 1. The van der Waals surface area contributed by atoms with Gasteiger partial charge in [0, 0.05) is 27.4 Å². The van der Waals surface area contributed by atoms with Crippen molar-refractivity contribution >= 4 is 43.2 Å². The lowest BCUT2D eigenvalue weighted by Gasteiger charge is -2.08. The minimum atomic E-state index is 1.05. The predicted octanol–water partition coefficient (Wildman–Crippen LogP) is 7.37. The van der Waals surface area contributed by atoms with Crippen LogP contribution in [0.3, 0.4) is 0 Å². The van der Waals surface area contributed by atoms with Crippen LogP contribution in [0.2, 0.25) is 0 Å². The number of hydrogen-bond donors (Lipinski definition) is 0. The van der Waals surface area contributed by atoms with E-state index >= 15 is 0 Å². The molecule has 0 bridgehead atoms. The largest absolute Gasteiger partial charge is 0.309 e. The monoisotopic (exact) mass is 390 g/mol. The van der Waals surface area contributed by atoms with E-state index in [0.29, 0.717) is 0 Å². The maximum absolute atomic E-state index is 4.56. The Morgan fingerprint density at radius 1 is 0.724 bits per heavy atom. The summed E-state index contributed by atoms with van der Waals surface area (Å²) in [7, 11) is 0. The first kappa shape index (κ1) is 16.5. The highest BCUT2D eigenvalue weighted by molar-refractivity contribution is 7.22. The number of benzene rings is 3. The molecule has 0 saturated heterocycles. The van der Waals surface area contributed by atoms with E-state index in [2.05, 4.69) is 95.3 Å². The second-order valence-corrected chi connectivity index (χ2v) is 8.37. The highest BCUT2D eigenvalue weighted by Crippen LogP contribution is 2.39. The number of hydrogen-bond acceptors (Lipinski definition) is 2. The maximum atomic E-state index is 4.56. The maximum Gasteiger partial charge on any atom is 0.0804 e. The molecule has 0 radical (unpaired) electrons. The summed E-state index contributed by atoms with van der Waals surface area (Å²) in [6, 6.07) is 30.2. The van der Waals surface area contributed by atoms with Crippen molar-refractivity contribution in [3.05, 3.63) is 96.7 Å². The zero-order valence-corrected chi connectivity index (χ0v) is 16.8. The molecule has 3 heteroatoms. The van der Waals surface area contributed by atoms with Crippen LogP contribution in [0.5, 0.6) is 0 Å². The van der Waals surface area contributed by atoms with Crippen molar-refractivity contribution in [2.24, 2.45) is 0 Å². The lowest BCUT2D eigenvalue weighted by atomic mass is 10.1. The van der Waals surface area contributed by atoms with Gasteiger partial charge in [-0.1, -0.05) is 42.5 Å². The van der Waals surface area contributed by atoms with Crippen LogP contribution in [0.15, 0.2) is 91.1 Å². The molecule has 3 heterocycles. The van der Waals surface area contributed by atoms with Crippen molar-refractivity contribution in [3.63, 3.8) is 0 Å². The highest BCUT2D eigenvalue weighted by atomic mass is 32.1. The van der Waals surface area contributed by atoms with Crippen LogP contribution in [0, 0.1) is 6.92 Å². The minimum Gasteiger partial charge on any atom is -0.309 e. The summed E-state index contributed by atoms with van der Waals surface area (Å²) < 4.78 is 3.68. The van der Waals surface area contributed by atoms with Crippen LogP contribution >= 0.6 is 11.3 Å². The smallest absolute Gasteiger partial charge is 0.0804 e. The molecule has 138 valence electrons. The van der Waals surface area contributed by atoms with E-state index in [4.69, 9.17) is 0 Å². The van der Waals surface area contributed by atoms with E-state index in [9.17, 15) is 0 Å². The summed E-state index contributed by atoms with van der Waals surface area (Å²) in [5.41, 5.74) is 6.02. The van der Waals surface area contributed by atoms with Crippen molar-refractivity contribution < 1.29 is 0 Å². The van der Waals surface area contributed by atoms with Gasteiger partial charge in [-0.2, -0.15) is 0 Å². The SMILES string of the molecule is Cc1c(-c2ccccn2)sc2ccc(-n3c4ccccc4c4ccccc43)cc12. The van der Waals surface area contributed by atoms with E-state index in [1.54, 1.807) is 0 Å². The molecule has 6 rings (SSSR count). The Labute approximate surface area is 172 Å². The fraction of sp³-hybridized carbons (Fsp3) is 0.0385. The first-order valence-electron chi connectivity index (χ1n) is 9.74. The molecule has 3 aromatic carbocycles. The van der Waals surface area contributed by atoms with Crippen molar-refractivity contribution in [2.45, 2.75) is 6.92 Å². The Balaban J connectivity index is 1.64. The lowest BCUT2D eigenvalue weighted by molar-refractivity contribution is 1.19. The molecule has 0 unspecified atom stereocenters. The quantitative estimate of drug-likeness (QED) is 0.302. The number of aromatic nitrogens is 2. The molecule has 0 aliphatic rings. The van der Waals surface area contributed by atoms with Crippen molar-refractivity contribution in [1.82, 2.24) is 9.55 Å². The molecule has 0 aliphatic heterocycles. The van der Waals surface area contributed by atoms with E-state index in [0.717, 1.165) is 5.69 Å². The molecule has 0 amide bonds. The Morgan fingerprint density at radius 3 is 2.10 bits per heavy atom. The van der Waals surface area contributed by atoms with Crippen LogP contribution in [-0.4, -0.2) is 9.55 Å². The number of thiophene rings is 1. The normalized spacial score (nSPS) is 11.6. The minimum absolute atomic E-state index is 1.05. The molecule has 0 saturated carbocycles. The average Bonchev–Trinajstić information content (AvgIpc) is 3.29. The average molecular weight is 391 g/mol. The van der Waals surface area contributed by atoms with Crippen molar-refractivity contribution in [1.29, 1.82) is 0 Å². The van der Waals surface area contributed by atoms with E-state index < -0.39 is 0 Å². The van der Waals surface area contributed by atoms with Gasteiger partial charge in [0.1, 0.15) is 0 Å². The summed E-state index contributed by atoms with van der Waals surface area (Å²) in [5.74, 6) is 0. The topological polar surface area (TPSA) is 17.8 Å². The molecule has 0 N–H and O–H groups in total. The van der Waals surface area contributed by atoms with E-state index in [1.165, 1.54) is 48.0 Å². The number of para-hydroxylation sites is 2. The van der Waals surface area contributed by atoms with Gasteiger partial charge in [-0.25, -0.2) is 0 Å². The summed E-state index contributed by atoms with van der Waals surface area (Å²) in [6.07, 6.45) is 1.86. The standard InChI is InChI=1S/C26H18N2S/c1-17-21-16-18(13-14-25(21)29-26(17)22-10-6-7-15-27-22)28-23-11-4-2-8-19(23)20-9-3-5-12-24(20)28/h2-16H,1H3. The number of fused-ring (bicyclic) bond motifs is 4. The van der Waals surface area contributed by atoms with Crippen molar-refractivity contribution in [2.75, 3.05) is 0 Å². The summed E-state index contributed by atoms with van der Waals surface area (Å²) in [5, 5.41) is 3.88. The Kier molecular flexibility index (Phi) is 3.58. The van der Waals surface area contributed by atoms with Gasteiger partial charge in [-0.3, -0.25) is 4.98 Å². The molecule has 0 aliphatic carbocycles. The highest BCUT2D eigenvalue weighted by Gasteiger charge is 2.15. The third-order valence-electron chi connectivity index (χ3n) is 5.66. The summed E-state index contributed by atoms with van der Waals surface area (Å²) in [4.78, 5) is 5.81. The third kappa shape index (κ3) is 2.44. The number of aryl methyl sites for hydroxylation is 1. The molecule has 0 atom stereocenters. The Hall–Kier alpha value is -3.43. The van der Waals surface area contributed by atoms with Gasteiger partial charge >= 0.3 is 0 Å². The second kappa shape index (κ2) is 6.29. The predicted molar refractivity (Wildman–Crippen MR) is 124 cm³/mol. The van der Waals surface area contributed by atoms with Crippen LogP contribution in [0.25, 0.3) is 48.2 Å². The molecule has 2 nitrogen and oxygen atoms in total. The van der Waals surface area contributed by atoms with Gasteiger partial charge in [0.15, 0.2) is 0 Å². The lowest BCUT2D eigenvalue weighted by Crippen LogP contribution is -1.93. The van der Waals surface area contributed by atoms with Gasteiger partial charge in [0.2, 0.25) is 0 Å². The van der Waals surface area contributed by atoms with Crippen LogP contribution in [0.4, 0.5) is 0 Å². The zero-order valence-electron chi connectivity index (χ0n) is 16.0. The molecular formula is C26H18N2S. The first-order valence-corrected chi connectivity index (χ1v) is 10.6. The van der Waals surface area contributed by atoms with Gasteiger partial charge in [-0.15, -0.1) is 11.3 Å². The Morgan fingerprint density at radius 2 is 1.41 bits per heavy atom. The zero-order chi connectivity index (χ0) is 19.4. The first-order chi connectivity index (χ1) is 14.3. The fourth-order valence-corrected chi connectivity index (χ4v) is 5.46. The number of rotatable bonds is 2. The summed E-state index contributed by atoms with van der Waals surface area (Å²) in [6.45, 7) is 2.21. The molecule has 0 spiro atoms. The van der Waals surface area contributed by atoms with Crippen LogP contribution in [0.1, 0.15) is 5.56 Å². The van der Waals surface area contributed by atoms with E-state index in [-0.39, 0.29) is 0 Å². The van der Waals surface area contributed by atoms with Gasteiger partial charge in [0.25, 0.3) is 0 Å². The van der Waals surface area contributed by atoms with Gasteiger partial charge < -0.3 is 4.57 Å². The third-order valence-corrected chi connectivity index (χ3v) is 6.95.